The summed E-state index contributed by atoms with van der Waals surface area (Å²) < 4.78 is 19.1. The molecule has 1 N–H and O–H groups in total. The van der Waals surface area contributed by atoms with Gasteiger partial charge in [-0.05, 0) is 43.9 Å². The minimum absolute atomic E-state index is 0.0251. The van der Waals surface area contributed by atoms with Crippen LogP contribution in [0.2, 0.25) is 5.02 Å². The van der Waals surface area contributed by atoms with Crippen LogP contribution in [0.5, 0.6) is 0 Å². The molecule has 0 spiro atoms. The fourth-order valence-corrected chi connectivity index (χ4v) is 3.12. The van der Waals surface area contributed by atoms with E-state index in [2.05, 4.69) is 6.92 Å². The van der Waals surface area contributed by atoms with Crippen molar-refractivity contribution < 1.29 is 14.2 Å². The van der Waals surface area contributed by atoms with Gasteiger partial charge in [-0.2, -0.15) is 0 Å². The van der Waals surface area contributed by atoms with Crippen molar-refractivity contribution >= 4 is 11.6 Å². The molecule has 0 radical (unpaired) electrons. The van der Waals surface area contributed by atoms with Gasteiger partial charge in [0.15, 0.2) is 0 Å². The first kappa shape index (κ1) is 14.8. The predicted octanol–water partition coefficient (Wildman–Crippen LogP) is 3.44. The van der Waals surface area contributed by atoms with E-state index in [0.29, 0.717) is 12.3 Å². The molecule has 0 bridgehead atoms. The average molecular weight is 287 g/mol. The average Bonchev–Trinajstić information content (AvgIpc) is 2.58. The number of rotatable bonds is 3. The largest absolute Gasteiger partial charge is 0.392 e. The molecular formula is C15H20ClFO2. The van der Waals surface area contributed by atoms with Crippen LogP contribution in [0.3, 0.4) is 0 Å². The maximum Gasteiger partial charge on any atom is 0.142 e. The number of benzene rings is 1. The molecule has 1 aliphatic heterocycles. The monoisotopic (exact) mass is 286 g/mol. The normalized spacial score (nSPS) is 32.5. The molecular weight excluding hydrogens is 267 g/mol. The van der Waals surface area contributed by atoms with E-state index in [4.69, 9.17) is 16.3 Å². The van der Waals surface area contributed by atoms with Gasteiger partial charge in [0.05, 0.1) is 23.3 Å². The number of ether oxygens (including phenoxy) is 1. The Morgan fingerprint density at radius 1 is 1.32 bits per heavy atom. The number of aliphatic hydroxyl groups is 1. The summed E-state index contributed by atoms with van der Waals surface area (Å²) in [5.74, 6) is -0.0700. The first-order valence-corrected chi connectivity index (χ1v) is 7.05. The van der Waals surface area contributed by atoms with Crippen LogP contribution >= 0.6 is 11.6 Å². The Morgan fingerprint density at radius 3 is 2.53 bits per heavy atom. The molecule has 5 unspecified atom stereocenters. The van der Waals surface area contributed by atoms with Crippen LogP contribution in [-0.2, 0) is 11.2 Å². The number of hydrogen-bond acceptors (Lipinski definition) is 2. The third-order valence-electron chi connectivity index (χ3n) is 4.19. The maximum absolute atomic E-state index is 13.4. The Balaban J connectivity index is 2.08. The fraction of sp³-hybridized carbons (Fsp3) is 0.600. The van der Waals surface area contributed by atoms with E-state index >= 15 is 0 Å². The van der Waals surface area contributed by atoms with E-state index < -0.39 is 11.9 Å². The van der Waals surface area contributed by atoms with Crippen molar-refractivity contribution in [2.75, 3.05) is 0 Å². The third kappa shape index (κ3) is 3.10. The molecule has 106 valence electrons. The van der Waals surface area contributed by atoms with Gasteiger partial charge in [0.25, 0.3) is 0 Å². The van der Waals surface area contributed by atoms with Gasteiger partial charge in [-0.3, -0.25) is 0 Å². The van der Waals surface area contributed by atoms with Crippen molar-refractivity contribution in [1.82, 2.24) is 0 Å². The van der Waals surface area contributed by atoms with Gasteiger partial charge >= 0.3 is 0 Å². The quantitative estimate of drug-likeness (QED) is 0.922. The number of hydrogen-bond donors (Lipinski definition) is 1. The Bertz CT molecular complexity index is 452. The summed E-state index contributed by atoms with van der Waals surface area (Å²) in [5, 5.41) is 10.5. The van der Waals surface area contributed by atoms with Crippen LogP contribution in [0.15, 0.2) is 18.2 Å². The Hall–Kier alpha value is -0.640. The molecule has 0 aliphatic carbocycles. The Kier molecular flexibility index (Phi) is 4.49. The topological polar surface area (TPSA) is 29.5 Å². The highest BCUT2D eigenvalue weighted by Gasteiger charge is 2.40. The third-order valence-corrected chi connectivity index (χ3v) is 4.50. The lowest BCUT2D eigenvalue weighted by molar-refractivity contribution is 0.0240. The molecule has 4 heteroatoms. The van der Waals surface area contributed by atoms with Gasteiger partial charge in [-0.15, -0.1) is 0 Å². The minimum Gasteiger partial charge on any atom is -0.392 e. The van der Waals surface area contributed by atoms with E-state index in [0.717, 1.165) is 5.56 Å². The second-order valence-electron chi connectivity index (χ2n) is 5.50. The summed E-state index contributed by atoms with van der Waals surface area (Å²) in [7, 11) is 0. The summed E-state index contributed by atoms with van der Waals surface area (Å²) in [5.41, 5.74) is 0.758. The molecule has 0 amide bonds. The highest BCUT2D eigenvalue weighted by atomic mass is 35.5. The maximum atomic E-state index is 13.4. The van der Waals surface area contributed by atoms with Gasteiger partial charge in [0.1, 0.15) is 5.82 Å². The van der Waals surface area contributed by atoms with Gasteiger partial charge in [0.2, 0.25) is 0 Å². The van der Waals surface area contributed by atoms with Crippen molar-refractivity contribution in [3.05, 3.63) is 34.6 Å². The SMILES string of the molecule is CC1OC(C)C(C(O)Cc2ccc(Cl)c(F)c2)C1C. The second-order valence-corrected chi connectivity index (χ2v) is 5.91. The van der Waals surface area contributed by atoms with Gasteiger partial charge < -0.3 is 9.84 Å². The molecule has 1 aliphatic rings. The van der Waals surface area contributed by atoms with Crippen LogP contribution in [0.4, 0.5) is 4.39 Å². The number of aliphatic hydroxyl groups excluding tert-OH is 1. The van der Waals surface area contributed by atoms with E-state index in [1.54, 1.807) is 6.07 Å². The highest BCUT2D eigenvalue weighted by Crippen LogP contribution is 2.35. The smallest absolute Gasteiger partial charge is 0.142 e. The van der Waals surface area contributed by atoms with E-state index in [1.165, 1.54) is 12.1 Å². The van der Waals surface area contributed by atoms with Crippen LogP contribution in [0, 0.1) is 17.7 Å². The lowest BCUT2D eigenvalue weighted by atomic mass is 9.83. The second kappa shape index (κ2) is 5.78. The van der Waals surface area contributed by atoms with Gasteiger partial charge in [0, 0.05) is 5.92 Å². The first-order valence-electron chi connectivity index (χ1n) is 6.67. The van der Waals surface area contributed by atoms with Gasteiger partial charge in [-0.25, -0.2) is 4.39 Å². The lowest BCUT2D eigenvalue weighted by Gasteiger charge is -2.24. The lowest BCUT2D eigenvalue weighted by Crippen LogP contribution is -2.32. The zero-order valence-electron chi connectivity index (χ0n) is 11.4. The highest BCUT2D eigenvalue weighted by molar-refractivity contribution is 6.30. The van der Waals surface area contributed by atoms with Crippen LogP contribution in [0.25, 0.3) is 0 Å². The van der Waals surface area contributed by atoms with Gasteiger partial charge in [-0.1, -0.05) is 24.6 Å². The minimum atomic E-state index is -0.532. The molecule has 1 fully saturated rings. The Morgan fingerprint density at radius 2 is 2.00 bits per heavy atom. The van der Waals surface area contributed by atoms with Crippen molar-refractivity contribution in [2.24, 2.45) is 11.8 Å². The van der Waals surface area contributed by atoms with Crippen LogP contribution < -0.4 is 0 Å². The summed E-state index contributed by atoms with van der Waals surface area (Å²) in [6, 6.07) is 4.67. The zero-order chi connectivity index (χ0) is 14.2. The molecule has 1 aromatic rings. The molecule has 5 atom stereocenters. The van der Waals surface area contributed by atoms with Crippen molar-refractivity contribution in [3.8, 4) is 0 Å². The summed E-state index contributed by atoms with van der Waals surface area (Å²) in [6.07, 6.45) is 0.0630. The molecule has 2 nitrogen and oxygen atoms in total. The molecule has 1 aromatic carbocycles. The molecule has 0 saturated carbocycles. The van der Waals surface area contributed by atoms with Crippen LogP contribution in [-0.4, -0.2) is 23.4 Å². The summed E-state index contributed by atoms with van der Waals surface area (Å²) in [6.45, 7) is 6.09. The predicted molar refractivity (Wildman–Crippen MR) is 73.8 cm³/mol. The van der Waals surface area contributed by atoms with E-state index in [-0.39, 0.29) is 23.1 Å². The van der Waals surface area contributed by atoms with Crippen molar-refractivity contribution in [3.63, 3.8) is 0 Å². The zero-order valence-corrected chi connectivity index (χ0v) is 12.2. The summed E-state index contributed by atoms with van der Waals surface area (Å²) >= 11 is 5.65. The van der Waals surface area contributed by atoms with Crippen molar-refractivity contribution in [1.29, 1.82) is 0 Å². The molecule has 2 rings (SSSR count). The molecule has 1 saturated heterocycles. The number of halogens is 2. The fourth-order valence-electron chi connectivity index (χ4n) is 3.00. The van der Waals surface area contributed by atoms with Crippen molar-refractivity contribution in [2.45, 2.75) is 45.5 Å². The Labute approximate surface area is 118 Å². The standard InChI is InChI=1S/C15H20ClFO2/c1-8-9(2)19-10(3)15(8)14(18)7-11-4-5-12(16)13(17)6-11/h4-6,8-10,14-15,18H,7H2,1-3H3. The van der Waals surface area contributed by atoms with Crippen LogP contribution in [0.1, 0.15) is 26.3 Å². The summed E-state index contributed by atoms with van der Waals surface area (Å²) in [4.78, 5) is 0. The molecule has 1 heterocycles. The molecule has 0 aromatic heterocycles. The van der Waals surface area contributed by atoms with E-state index in [1.807, 2.05) is 13.8 Å². The van der Waals surface area contributed by atoms with E-state index in [9.17, 15) is 9.50 Å². The molecule has 19 heavy (non-hydrogen) atoms. The first-order chi connectivity index (χ1) is 8.90.